The largest absolute Gasteiger partial charge is 0.330 e. The molecule has 18 heavy (non-hydrogen) atoms. The average Bonchev–Trinajstić information content (AvgIpc) is 2.39. The fraction of sp³-hybridized carbons (Fsp3) is 0.286. The maximum Gasteiger partial charge on any atom is 0.224 e. The molecule has 0 saturated carbocycles. The van der Waals surface area contributed by atoms with E-state index < -0.39 is 0 Å². The molecule has 0 aliphatic rings. The zero-order valence-corrected chi connectivity index (χ0v) is 10.2. The van der Waals surface area contributed by atoms with Gasteiger partial charge in [-0.25, -0.2) is 0 Å². The molecule has 0 bridgehead atoms. The van der Waals surface area contributed by atoms with E-state index in [1.165, 1.54) is 0 Å². The summed E-state index contributed by atoms with van der Waals surface area (Å²) in [4.78, 5) is 16.0. The number of rotatable bonds is 5. The van der Waals surface area contributed by atoms with E-state index in [1.807, 2.05) is 30.3 Å². The van der Waals surface area contributed by atoms with Gasteiger partial charge >= 0.3 is 0 Å². The van der Waals surface area contributed by atoms with E-state index in [1.54, 1.807) is 6.20 Å². The Balaban J connectivity index is 2.09. The van der Waals surface area contributed by atoms with Crippen LogP contribution in [0, 0.1) is 0 Å². The van der Waals surface area contributed by atoms with Crippen LogP contribution >= 0.6 is 0 Å². The maximum atomic E-state index is 11.8. The second-order valence-electron chi connectivity index (χ2n) is 4.17. The Morgan fingerprint density at radius 3 is 2.94 bits per heavy atom. The molecular weight excluding hydrogens is 226 g/mol. The van der Waals surface area contributed by atoms with Crippen LogP contribution in [0.5, 0.6) is 0 Å². The number of nitrogens with one attached hydrogen (secondary N) is 1. The highest BCUT2D eigenvalue weighted by Gasteiger charge is 2.05. The fourth-order valence-electron chi connectivity index (χ4n) is 1.85. The molecule has 94 valence electrons. The first kappa shape index (κ1) is 12.5. The van der Waals surface area contributed by atoms with Crippen molar-refractivity contribution in [2.75, 3.05) is 11.9 Å². The van der Waals surface area contributed by atoms with Crippen LogP contribution in [0.3, 0.4) is 0 Å². The molecule has 4 nitrogen and oxygen atoms in total. The van der Waals surface area contributed by atoms with Gasteiger partial charge in [0.2, 0.25) is 5.91 Å². The van der Waals surface area contributed by atoms with Gasteiger partial charge in [0.25, 0.3) is 0 Å². The van der Waals surface area contributed by atoms with Gasteiger partial charge in [-0.05, 0) is 43.7 Å². The van der Waals surface area contributed by atoms with Crippen molar-refractivity contribution in [2.45, 2.75) is 19.3 Å². The number of benzene rings is 1. The maximum absolute atomic E-state index is 11.8. The van der Waals surface area contributed by atoms with E-state index in [2.05, 4.69) is 10.3 Å². The van der Waals surface area contributed by atoms with Crippen molar-refractivity contribution < 1.29 is 4.79 Å². The summed E-state index contributed by atoms with van der Waals surface area (Å²) < 4.78 is 0. The molecule has 2 aromatic rings. The Kier molecular flexibility index (Phi) is 4.25. The third kappa shape index (κ3) is 3.05. The van der Waals surface area contributed by atoms with Crippen LogP contribution in [0.25, 0.3) is 10.9 Å². The Morgan fingerprint density at radius 2 is 2.11 bits per heavy atom. The van der Waals surface area contributed by atoms with E-state index in [0.29, 0.717) is 13.0 Å². The van der Waals surface area contributed by atoms with Crippen LogP contribution in [0.2, 0.25) is 0 Å². The molecular formula is C14H17N3O. The Labute approximate surface area is 106 Å². The summed E-state index contributed by atoms with van der Waals surface area (Å²) >= 11 is 0. The van der Waals surface area contributed by atoms with Gasteiger partial charge in [0, 0.05) is 18.0 Å². The number of nitrogens with zero attached hydrogens (tertiary/aromatic N) is 1. The third-order valence-electron chi connectivity index (χ3n) is 2.78. The number of nitrogens with two attached hydrogens (primary N) is 1. The molecule has 0 spiro atoms. The zero-order valence-electron chi connectivity index (χ0n) is 10.2. The average molecular weight is 243 g/mol. The number of carbonyl (C=O) groups excluding carboxylic acids is 1. The Bertz CT molecular complexity index is 534. The van der Waals surface area contributed by atoms with Gasteiger partial charge in [0.05, 0.1) is 11.2 Å². The second-order valence-corrected chi connectivity index (χ2v) is 4.17. The Morgan fingerprint density at radius 1 is 1.22 bits per heavy atom. The molecule has 0 unspecified atom stereocenters. The van der Waals surface area contributed by atoms with Crippen molar-refractivity contribution in [3.8, 4) is 0 Å². The molecule has 0 atom stereocenters. The van der Waals surface area contributed by atoms with Crippen molar-refractivity contribution in [1.29, 1.82) is 0 Å². The number of fused-ring (bicyclic) bond motifs is 1. The van der Waals surface area contributed by atoms with Gasteiger partial charge in [0.15, 0.2) is 0 Å². The van der Waals surface area contributed by atoms with Gasteiger partial charge in [-0.2, -0.15) is 0 Å². The predicted octanol–water partition coefficient (Wildman–Crippen LogP) is 2.30. The zero-order chi connectivity index (χ0) is 12.8. The van der Waals surface area contributed by atoms with Crippen LogP contribution in [0.4, 0.5) is 5.69 Å². The second kappa shape index (κ2) is 6.12. The molecule has 1 aromatic heterocycles. The summed E-state index contributed by atoms with van der Waals surface area (Å²) in [5, 5.41) is 3.89. The third-order valence-corrected chi connectivity index (χ3v) is 2.78. The van der Waals surface area contributed by atoms with E-state index >= 15 is 0 Å². The first-order chi connectivity index (χ1) is 8.81. The SMILES string of the molecule is NCCCCC(=O)Nc1cccc2ncccc12. The lowest BCUT2D eigenvalue weighted by atomic mass is 10.1. The number of pyridine rings is 1. The van der Waals surface area contributed by atoms with Crippen molar-refractivity contribution in [2.24, 2.45) is 5.73 Å². The highest BCUT2D eigenvalue weighted by atomic mass is 16.1. The lowest BCUT2D eigenvalue weighted by Crippen LogP contribution is -2.12. The number of aromatic nitrogens is 1. The van der Waals surface area contributed by atoms with Crippen molar-refractivity contribution in [1.82, 2.24) is 4.98 Å². The van der Waals surface area contributed by atoms with Crippen LogP contribution in [0.15, 0.2) is 36.5 Å². The van der Waals surface area contributed by atoms with Gasteiger partial charge < -0.3 is 11.1 Å². The highest BCUT2D eigenvalue weighted by Crippen LogP contribution is 2.21. The standard InChI is InChI=1S/C14H17N3O/c15-9-2-1-8-14(18)17-13-7-3-6-12-11(13)5-4-10-16-12/h3-7,10H,1-2,8-9,15H2,(H,17,18). The number of amides is 1. The molecule has 0 saturated heterocycles. The van der Waals surface area contributed by atoms with E-state index in [9.17, 15) is 4.79 Å². The van der Waals surface area contributed by atoms with Gasteiger partial charge in [0.1, 0.15) is 0 Å². The number of anilines is 1. The lowest BCUT2D eigenvalue weighted by molar-refractivity contribution is -0.116. The van der Waals surface area contributed by atoms with E-state index in [-0.39, 0.29) is 5.91 Å². The highest BCUT2D eigenvalue weighted by molar-refractivity contribution is 6.00. The summed E-state index contributed by atoms with van der Waals surface area (Å²) in [7, 11) is 0. The van der Waals surface area contributed by atoms with Crippen molar-refractivity contribution in [3.05, 3.63) is 36.5 Å². The molecule has 0 fully saturated rings. The number of hydrogen-bond acceptors (Lipinski definition) is 3. The van der Waals surface area contributed by atoms with E-state index in [0.717, 1.165) is 29.4 Å². The normalized spacial score (nSPS) is 10.5. The summed E-state index contributed by atoms with van der Waals surface area (Å²) in [6.07, 6.45) is 3.96. The van der Waals surface area contributed by atoms with Gasteiger partial charge in [-0.3, -0.25) is 9.78 Å². The predicted molar refractivity (Wildman–Crippen MR) is 73.3 cm³/mol. The quantitative estimate of drug-likeness (QED) is 0.792. The van der Waals surface area contributed by atoms with Crippen molar-refractivity contribution >= 4 is 22.5 Å². The number of hydrogen-bond donors (Lipinski definition) is 2. The molecule has 2 rings (SSSR count). The summed E-state index contributed by atoms with van der Waals surface area (Å²) in [6.45, 7) is 0.630. The monoisotopic (exact) mass is 243 g/mol. The molecule has 1 amide bonds. The van der Waals surface area contributed by atoms with Crippen LogP contribution in [0.1, 0.15) is 19.3 Å². The first-order valence-corrected chi connectivity index (χ1v) is 6.15. The minimum absolute atomic E-state index is 0.0276. The summed E-state index contributed by atoms with van der Waals surface area (Å²) in [6, 6.07) is 9.54. The Hall–Kier alpha value is -1.94. The molecule has 0 aliphatic heterocycles. The molecule has 0 radical (unpaired) electrons. The van der Waals surface area contributed by atoms with Gasteiger partial charge in [-0.15, -0.1) is 0 Å². The smallest absolute Gasteiger partial charge is 0.224 e. The van der Waals surface area contributed by atoms with E-state index in [4.69, 9.17) is 5.73 Å². The number of carbonyl (C=O) groups is 1. The molecule has 0 aliphatic carbocycles. The summed E-state index contributed by atoms with van der Waals surface area (Å²) in [5.74, 6) is 0.0276. The minimum Gasteiger partial charge on any atom is -0.330 e. The van der Waals surface area contributed by atoms with Crippen LogP contribution < -0.4 is 11.1 Å². The summed E-state index contributed by atoms with van der Waals surface area (Å²) in [5.41, 5.74) is 7.11. The topological polar surface area (TPSA) is 68.0 Å². The van der Waals surface area contributed by atoms with Crippen LogP contribution in [-0.4, -0.2) is 17.4 Å². The minimum atomic E-state index is 0.0276. The lowest BCUT2D eigenvalue weighted by Gasteiger charge is -2.07. The molecule has 3 N–H and O–H groups in total. The van der Waals surface area contributed by atoms with Crippen LogP contribution in [-0.2, 0) is 4.79 Å². The van der Waals surface area contributed by atoms with Gasteiger partial charge in [-0.1, -0.05) is 6.07 Å². The number of unbranched alkanes of at least 4 members (excludes halogenated alkanes) is 1. The molecule has 1 aromatic carbocycles. The molecule has 1 heterocycles. The molecule has 4 heteroatoms. The van der Waals surface area contributed by atoms with Crippen molar-refractivity contribution in [3.63, 3.8) is 0 Å². The first-order valence-electron chi connectivity index (χ1n) is 6.15. The fourth-order valence-corrected chi connectivity index (χ4v) is 1.85.